The Kier molecular flexibility index (Phi) is 41.1. The SMILES string of the molecule is CCCCCCC/C=C\C/C=C\CCCCCCCCCCCC(=O)NC(CS(=O)(=O)O)C(O)/C=C/CC/C=C/CC/C=C/CCCCCCCCCCCC. The lowest BCUT2D eigenvalue weighted by molar-refractivity contribution is -0.122. The van der Waals surface area contributed by atoms with Crippen molar-refractivity contribution in [2.75, 3.05) is 5.75 Å². The number of nitrogens with one attached hydrogen (secondary N) is 1. The fourth-order valence-electron chi connectivity index (χ4n) is 6.86. The topological polar surface area (TPSA) is 104 Å². The molecule has 0 saturated carbocycles. The molecular weight excluding hydrogens is 715 g/mol. The quantitative estimate of drug-likeness (QED) is 0.0324. The van der Waals surface area contributed by atoms with Gasteiger partial charge >= 0.3 is 0 Å². The van der Waals surface area contributed by atoms with E-state index in [-0.39, 0.29) is 12.3 Å². The van der Waals surface area contributed by atoms with Gasteiger partial charge in [-0.3, -0.25) is 9.35 Å². The van der Waals surface area contributed by atoms with E-state index in [9.17, 15) is 22.9 Å². The van der Waals surface area contributed by atoms with Gasteiger partial charge < -0.3 is 10.4 Å². The van der Waals surface area contributed by atoms with Crippen LogP contribution in [-0.4, -0.2) is 41.9 Å². The van der Waals surface area contributed by atoms with Gasteiger partial charge in [0.15, 0.2) is 0 Å². The summed E-state index contributed by atoms with van der Waals surface area (Å²) in [4.78, 5) is 12.6. The molecule has 0 fully saturated rings. The van der Waals surface area contributed by atoms with Crippen molar-refractivity contribution in [1.29, 1.82) is 0 Å². The third-order valence-corrected chi connectivity index (χ3v) is 11.2. The number of rotatable bonds is 42. The first-order chi connectivity index (χ1) is 27.3. The Bertz CT molecular complexity index is 1110. The Morgan fingerprint density at radius 3 is 1.23 bits per heavy atom. The first-order valence-corrected chi connectivity index (χ1v) is 25.1. The highest BCUT2D eigenvalue weighted by molar-refractivity contribution is 7.85. The molecule has 0 aromatic carbocycles. The second-order valence-corrected chi connectivity index (χ2v) is 17.5. The summed E-state index contributed by atoms with van der Waals surface area (Å²) in [5.74, 6) is -1.02. The van der Waals surface area contributed by atoms with Gasteiger partial charge in [-0.25, -0.2) is 0 Å². The molecule has 0 aromatic rings. The summed E-state index contributed by atoms with van der Waals surface area (Å²) in [6.07, 6.45) is 59.3. The number of aliphatic hydroxyl groups is 1. The van der Waals surface area contributed by atoms with Crippen molar-refractivity contribution in [2.45, 2.75) is 238 Å². The summed E-state index contributed by atoms with van der Waals surface area (Å²) in [6, 6.07) is -1.08. The van der Waals surface area contributed by atoms with E-state index in [0.29, 0.717) is 6.42 Å². The molecule has 1 amide bonds. The summed E-state index contributed by atoms with van der Waals surface area (Å²) >= 11 is 0. The van der Waals surface area contributed by atoms with Gasteiger partial charge in [0.2, 0.25) is 5.91 Å². The minimum Gasteiger partial charge on any atom is -0.387 e. The largest absolute Gasteiger partial charge is 0.387 e. The van der Waals surface area contributed by atoms with Crippen LogP contribution in [0, 0.1) is 0 Å². The van der Waals surface area contributed by atoms with Crippen LogP contribution in [0.5, 0.6) is 0 Å². The van der Waals surface area contributed by atoms with E-state index in [0.717, 1.165) is 51.4 Å². The molecule has 0 rings (SSSR count). The first kappa shape index (κ1) is 54.0. The number of amides is 1. The molecule has 7 heteroatoms. The zero-order valence-corrected chi connectivity index (χ0v) is 37.3. The van der Waals surface area contributed by atoms with Gasteiger partial charge in [0.1, 0.15) is 0 Å². The fraction of sp³-hybridized carbons (Fsp3) is 0.776. The molecule has 0 bridgehead atoms. The van der Waals surface area contributed by atoms with Gasteiger partial charge in [-0.05, 0) is 77.0 Å². The van der Waals surface area contributed by atoms with Crippen LogP contribution in [-0.2, 0) is 14.9 Å². The van der Waals surface area contributed by atoms with Gasteiger partial charge in [-0.15, -0.1) is 0 Å². The predicted octanol–water partition coefficient (Wildman–Crippen LogP) is 14.4. The third kappa shape index (κ3) is 43.2. The Hall–Kier alpha value is -1.96. The van der Waals surface area contributed by atoms with Crippen molar-refractivity contribution in [1.82, 2.24) is 5.32 Å². The van der Waals surface area contributed by atoms with E-state index in [1.54, 1.807) is 6.08 Å². The van der Waals surface area contributed by atoms with Crippen LogP contribution < -0.4 is 5.32 Å². The van der Waals surface area contributed by atoms with Crippen LogP contribution in [0.4, 0.5) is 0 Å². The molecule has 0 aromatic heterocycles. The Morgan fingerprint density at radius 2 is 0.821 bits per heavy atom. The highest BCUT2D eigenvalue weighted by Gasteiger charge is 2.24. The van der Waals surface area contributed by atoms with Crippen molar-refractivity contribution in [2.24, 2.45) is 0 Å². The minimum atomic E-state index is -4.37. The zero-order valence-electron chi connectivity index (χ0n) is 36.5. The van der Waals surface area contributed by atoms with E-state index in [1.165, 1.54) is 154 Å². The molecule has 2 atom stereocenters. The fourth-order valence-corrected chi connectivity index (χ4v) is 7.60. The highest BCUT2D eigenvalue weighted by Crippen LogP contribution is 2.14. The number of unbranched alkanes of at least 4 members (excludes halogenated alkanes) is 26. The zero-order chi connectivity index (χ0) is 41.1. The first-order valence-electron chi connectivity index (χ1n) is 23.5. The van der Waals surface area contributed by atoms with Gasteiger partial charge in [0.25, 0.3) is 10.1 Å². The second-order valence-electron chi connectivity index (χ2n) is 16.0. The summed E-state index contributed by atoms with van der Waals surface area (Å²) < 4.78 is 32.6. The summed E-state index contributed by atoms with van der Waals surface area (Å²) in [5, 5.41) is 13.3. The third-order valence-electron chi connectivity index (χ3n) is 10.4. The van der Waals surface area contributed by atoms with Gasteiger partial charge in [-0.2, -0.15) is 8.42 Å². The van der Waals surface area contributed by atoms with Crippen molar-refractivity contribution in [3.8, 4) is 0 Å². The van der Waals surface area contributed by atoms with Crippen molar-refractivity contribution < 1.29 is 22.9 Å². The average molecular weight is 804 g/mol. The maximum absolute atomic E-state index is 12.6. The number of aliphatic hydroxyl groups excluding tert-OH is 1. The van der Waals surface area contributed by atoms with E-state index < -0.39 is 28.0 Å². The summed E-state index contributed by atoms with van der Waals surface area (Å²) in [6.45, 7) is 4.53. The molecule has 0 heterocycles. The maximum atomic E-state index is 12.6. The molecule has 0 radical (unpaired) electrons. The maximum Gasteiger partial charge on any atom is 0.267 e. The lowest BCUT2D eigenvalue weighted by Crippen LogP contribution is -2.46. The van der Waals surface area contributed by atoms with Crippen molar-refractivity contribution >= 4 is 16.0 Å². The second kappa shape index (κ2) is 42.6. The van der Waals surface area contributed by atoms with Gasteiger partial charge in [0.05, 0.1) is 17.9 Å². The van der Waals surface area contributed by atoms with Crippen LogP contribution in [0.25, 0.3) is 0 Å². The van der Waals surface area contributed by atoms with Crippen LogP contribution in [0.2, 0.25) is 0 Å². The monoisotopic (exact) mass is 804 g/mol. The number of hydrogen-bond acceptors (Lipinski definition) is 4. The lowest BCUT2D eigenvalue weighted by atomic mass is 10.1. The summed E-state index contributed by atoms with van der Waals surface area (Å²) in [7, 11) is -4.37. The van der Waals surface area contributed by atoms with E-state index in [1.807, 2.05) is 0 Å². The van der Waals surface area contributed by atoms with Crippen LogP contribution >= 0.6 is 0 Å². The van der Waals surface area contributed by atoms with Crippen molar-refractivity contribution in [3.05, 3.63) is 60.8 Å². The molecule has 6 nitrogen and oxygen atoms in total. The number of allylic oxidation sites excluding steroid dienone is 9. The average Bonchev–Trinajstić information content (AvgIpc) is 3.16. The van der Waals surface area contributed by atoms with Crippen LogP contribution in [0.3, 0.4) is 0 Å². The molecule has 0 aliphatic carbocycles. The smallest absolute Gasteiger partial charge is 0.267 e. The van der Waals surface area contributed by atoms with Crippen molar-refractivity contribution in [3.63, 3.8) is 0 Å². The van der Waals surface area contributed by atoms with Crippen LogP contribution in [0.15, 0.2) is 60.8 Å². The molecule has 2 unspecified atom stereocenters. The Morgan fingerprint density at radius 1 is 0.482 bits per heavy atom. The summed E-state index contributed by atoms with van der Waals surface area (Å²) in [5.41, 5.74) is 0. The molecule has 326 valence electrons. The molecule has 0 aliphatic heterocycles. The van der Waals surface area contributed by atoms with E-state index in [2.05, 4.69) is 67.8 Å². The Labute approximate surface area is 347 Å². The highest BCUT2D eigenvalue weighted by atomic mass is 32.2. The molecular formula is C49H89NO5S. The number of carbonyl (C=O) groups is 1. The normalized spacial score (nSPS) is 13.7. The standard InChI is InChI=1S/C49H89NO5S/c1-3-5-7-9-11-13-15-17-19-21-23-25-27-29-31-33-35-37-39-41-43-45-49(52)50-47(46-56(53,54)55)48(51)44-42-40-38-36-34-32-30-28-26-24-22-20-18-16-14-12-10-8-6-4-2/h15,17,21,23,26,28,34,36,42,44,47-48,51H,3-14,16,18-20,22,24-25,27,29-33,35,37-41,43,45-46H2,1-2H3,(H,50,52)(H,53,54,55)/b17-15-,23-21-,28-26+,36-34+,44-42+. The van der Waals surface area contributed by atoms with Crippen LogP contribution in [0.1, 0.15) is 226 Å². The number of hydrogen-bond donors (Lipinski definition) is 3. The van der Waals surface area contributed by atoms with Gasteiger partial charge in [-0.1, -0.05) is 203 Å². The molecule has 3 N–H and O–H groups in total. The van der Waals surface area contributed by atoms with E-state index >= 15 is 0 Å². The molecule has 0 spiro atoms. The molecule has 0 aliphatic rings. The van der Waals surface area contributed by atoms with Gasteiger partial charge in [0, 0.05) is 6.42 Å². The molecule has 0 saturated heterocycles. The minimum absolute atomic E-state index is 0.278. The van der Waals surface area contributed by atoms with E-state index in [4.69, 9.17) is 0 Å². The Balaban J connectivity index is 3.94. The lowest BCUT2D eigenvalue weighted by Gasteiger charge is -2.21. The molecule has 56 heavy (non-hydrogen) atoms. The predicted molar refractivity (Wildman–Crippen MR) is 244 cm³/mol. The number of carbonyl (C=O) groups excluding carboxylic acids is 1.